The van der Waals surface area contributed by atoms with Gasteiger partial charge in [-0.05, 0) is 42.8 Å². The number of carbonyl (C=O) groups is 1. The second kappa shape index (κ2) is 11.6. The number of halogens is 4. The predicted octanol–water partition coefficient (Wildman–Crippen LogP) is 7.60. The van der Waals surface area contributed by atoms with E-state index in [1.807, 2.05) is 35.8 Å². The first-order chi connectivity index (χ1) is 20.5. The molecule has 0 saturated heterocycles. The molecule has 0 aliphatic heterocycles. The molecular weight excluding hydrogens is 570 g/mol. The molecule has 0 spiro atoms. The molecule has 0 unspecified atom stereocenters. The summed E-state index contributed by atoms with van der Waals surface area (Å²) in [6.07, 6.45) is -3.94. The van der Waals surface area contributed by atoms with Crippen LogP contribution in [-0.2, 0) is 9.63 Å². The lowest BCUT2D eigenvalue weighted by molar-refractivity contribution is -0.384. The van der Waals surface area contributed by atoms with Crippen LogP contribution in [0.2, 0.25) is 0 Å². The van der Waals surface area contributed by atoms with Gasteiger partial charge in [0, 0.05) is 41.0 Å². The molecule has 12 heteroatoms. The largest absolute Gasteiger partial charge is 0.486 e. The van der Waals surface area contributed by atoms with Gasteiger partial charge in [-0.3, -0.25) is 10.1 Å². The Kier molecular flexibility index (Phi) is 7.85. The molecule has 0 bridgehead atoms. The third-order valence-corrected chi connectivity index (χ3v) is 6.66. The van der Waals surface area contributed by atoms with E-state index in [-0.39, 0.29) is 22.7 Å². The van der Waals surface area contributed by atoms with Gasteiger partial charge in [0.15, 0.2) is 6.61 Å². The van der Waals surface area contributed by atoms with Gasteiger partial charge in [-0.1, -0.05) is 47.6 Å². The maximum absolute atomic E-state index is 13.8. The van der Waals surface area contributed by atoms with Crippen molar-refractivity contribution in [3.8, 4) is 11.4 Å². The fourth-order valence-corrected chi connectivity index (χ4v) is 4.74. The van der Waals surface area contributed by atoms with E-state index in [2.05, 4.69) is 5.16 Å². The number of para-hydroxylation sites is 2. The van der Waals surface area contributed by atoms with E-state index in [1.54, 1.807) is 30.3 Å². The van der Waals surface area contributed by atoms with Gasteiger partial charge in [0.1, 0.15) is 11.5 Å². The third kappa shape index (κ3) is 5.76. The smallest absolute Gasteiger partial charge is 0.340 e. The standard InChI is InChI=1S/C31H23F4N3O5/c1-18-11-13-22(29(36-43-19(2)39)23-8-4-6-10-28(23)42-17-31(34,35)30(32)33)27(15-18)37-25-9-5-3-7-21(25)24-16-20(38(40)41)12-14-26(24)37/h3-16,30H,17H2,1-2H3/b36-29-. The van der Waals surface area contributed by atoms with Gasteiger partial charge in [-0.15, -0.1) is 0 Å². The molecule has 8 nitrogen and oxygen atoms in total. The lowest BCUT2D eigenvalue weighted by Crippen LogP contribution is -2.34. The molecule has 0 atom stereocenters. The number of nitro benzene ring substituents is 1. The van der Waals surface area contributed by atoms with Crippen molar-refractivity contribution < 1.29 is 36.9 Å². The van der Waals surface area contributed by atoms with Crippen LogP contribution in [0, 0.1) is 17.0 Å². The number of benzene rings is 4. The van der Waals surface area contributed by atoms with E-state index in [0.29, 0.717) is 27.7 Å². The molecule has 220 valence electrons. The van der Waals surface area contributed by atoms with Gasteiger partial charge >= 0.3 is 18.3 Å². The van der Waals surface area contributed by atoms with Crippen LogP contribution in [0.4, 0.5) is 23.2 Å². The number of hydrogen-bond acceptors (Lipinski definition) is 6. The van der Waals surface area contributed by atoms with Gasteiger partial charge in [-0.2, -0.15) is 8.78 Å². The summed E-state index contributed by atoms with van der Waals surface area (Å²) < 4.78 is 60.4. The summed E-state index contributed by atoms with van der Waals surface area (Å²) in [4.78, 5) is 27.9. The summed E-state index contributed by atoms with van der Waals surface area (Å²) in [5.41, 5.74) is 3.00. The molecule has 0 amide bonds. The Labute approximate surface area is 241 Å². The van der Waals surface area contributed by atoms with E-state index in [4.69, 9.17) is 9.57 Å². The second-order valence-electron chi connectivity index (χ2n) is 9.70. The molecule has 4 aromatic carbocycles. The number of non-ortho nitro benzene ring substituents is 1. The number of oxime groups is 1. The molecule has 0 aliphatic rings. The number of alkyl halides is 4. The molecule has 0 fully saturated rings. The van der Waals surface area contributed by atoms with Crippen molar-refractivity contribution in [2.75, 3.05) is 6.61 Å². The number of rotatable bonds is 9. The molecular formula is C31H23F4N3O5. The van der Waals surface area contributed by atoms with Crippen LogP contribution in [0.3, 0.4) is 0 Å². The summed E-state index contributed by atoms with van der Waals surface area (Å²) in [5, 5.41) is 16.9. The zero-order valence-electron chi connectivity index (χ0n) is 22.8. The van der Waals surface area contributed by atoms with Crippen LogP contribution < -0.4 is 4.74 Å². The van der Waals surface area contributed by atoms with Crippen molar-refractivity contribution in [3.63, 3.8) is 0 Å². The van der Waals surface area contributed by atoms with Crippen LogP contribution in [-0.4, -0.2) is 40.1 Å². The fourth-order valence-electron chi connectivity index (χ4n) is 4.74. The highest BCUT2D eigenvalue weighted by Crippen LogP contribution is 2.37. The number of nitro groups is 1. The number of carbonyl (C=O) groups excluding carboxylic acids is 1. The summed E-state index contributed by atoms with van der Waals surface area (Å²) in [5.74, 6) is -5.38. The summed E-state index contributed by atoms with van der Waals surface area (Å²) in [6, 6.07) is 22.8. The van der Waals surface area contributed by atoms with Gasteiger partial charge in [0.2, 0.25) is 0 Å². The van der Waals surface area contributed by atoms with E-state index in [1.165, 1.54) is 30.3 Å². The summed E-state index contributed by atoms with van der Waals surface area (Å²) in [7, 11) is 0. The molecule has 43 heavy (non-hydrogen) atoms. The van der Waals surface area contributed by atoms with Crippen LogP contribution in [0.1, 0.15) is 23.6 Å². The van der Waals surface area contributed by atoms with E-state index in [0.717, 1.165) is 17.9 Å². The van der Waals surface area contributed by atoms with E-state index in [9.17, 15) is 32.5 Å². The molecule has 5 rings (SSSR count). The highest BCUT2D eigenvalue weighted by molar-refractivity contribution is 6.18. The lowest BCUT2D eigenvalue weighted by Gasteiger charge is -2.20. The average Bonchev–Trinajstić information content (AvgIpc) is 3.30. The van der Waals surface area contributed by atoms with Gasteiger partial charge < -0.3 is 14.1 Å². The van der Waals surface area contributed by atoms with Crippen LogP contribution in [0.15, 0.2) is 90.1 Å². The number of ether oxygens (including phenoxy) is 1. The molecule has 0 aliphatic carbocycles. The highest BCUT2D eigenvalue weighted by Gasteiger charge is 2.42. The second-order valence-corrected chi connectivity index (χ2v) is 9.70. The Morgan fingerprint density at radius 1 is 0.953 bits per heavy atom. The monoisotopic (exact) mass is 593 g/mol. The zero-order chi connectivity index (χ0) is 30.9. The Balaban J connectivity index is 1.77. The fraction of sp³-hybridized carbons (Fsp3) is 0.161. The Hall–Kier alpha value is -5.26. The number of aryl methyl sites for hydroxylation is 1. The summed E-state index contributed by atoms with van der Waals surface area (Å²) >= 11 is 0. The van der Waals surface area contributed by atoms with Crippen LogP contribution in [0.25, 0.3) is 27.5 Å². The highest BCUT2D eigenvalue weighted by atomic mass is 19.3. The first-order valence-electron chi connectivity index (χ1n) is 12.9. The third-order valence-electron chi connectivity index (χ3n) is 6.66. The molecule has 0 radical (unpaired) electrons. The lowest BCUT2D eigenvalue weighted by atomic mass is 9.98. The topological polar surface area (TPSA) is 96.0 Å². The van der Waals surface area contributed by atoms with Crippen molar-refractivity contribution in [2.45, 2.75) is 26.2 Å². The van der Waals surface area contributed by atoms with Crippen molar-refractivity contribution in [1.29, 1.82) is 0 Å². The Morgan fingerprint density at radius 2 is 1.65 bits per heavy atom. The average molecular weight is 594 g/mol. The maximum Gasteiger partial charge on any atom is 0.340 e. The Morgan fingerprint density at radius 3 is 2.37 bits per heavy atom. The van der Waals surface area contributed by atoms with Crippen LogP contribution in [0.5, 0.6) is 5.75 Å². The number of aromatic nitrogens is 1. The molecule has 0 N–H and O–H groups in total. The SMILES string of the molecule is CC(=O)O/N=C(\c1ccccc1OCC(F)(F)C(F)F)c1ccc(C)cc1-n1c2ccccc2c2cc([N+](=O)[O-])ccc21. The molecule has 1 aromatic heterocycles. The minimum absolute atomic E-state index is 0.00555. The predicted molar refractivity (Wildman–Crippen MR) is 152 cm³/mol. The van der Waals surface area contributed by atoms with Crippen LogP contribution >= 0.6 is 0 Å². The molecule has 1 heterocycles. The number of fused-ring (bicyclic) bond motifs is 3. The molecule has 5 aromatic rings. The van der Waals surface area contributed by atoms with Crippen molar-refractivity contribution in [1.82, 2.24) is 4.57 Å². The summed E-state index contributed by atoms with van der Waals surface area (Å²) in [6.45, 7) is 1.37. The first-order valence-corrected chi connectivity index (χ1v) is 12.9. The Bertz CT molecular complexity index is 1900. The van der Waals surface area contributed by atoms with Gasteiger partial charge in [-0.25, -0.2) is 13.6 Å². The van der Waals surface area contributed by atoms with Crippen molar-refractivity contribution in [3.05, 3.63) is 112 Å². The minimum atomic E-state index is -4.42. The van der Waals surface area contributed by atoms with E-state index >= 15 is 0 Å². The first kappa shape index (κ1) is 29.2. The minimum Gasteiger partial charge on any atom is -0.486 e. The van der Waals surface area contributed by atoms with E-state index < -0.39 is 29.8 Å². The zero-order valence-corrected chi connectivity index (χ0v) is 22.8. The molecule has 0 saturated carbocycles. The number of nitrogens with zero attached hydrogens (tertiary/aromatic N) is 3. The van der Waals surface area contributed by atoms with Gasteiger partial charge in [0.05, 0.1) is 21.6 Å². The van der Waals surface area contributed by atoms with Crippen molar-refractivity contribution in [2.24, 2.45) is 5.16 Å². The quantitative estimate of drug-likeness (QED) is 0.0577. The number of hydrogen-bond donors (Lipinski definition) is 0. The van der Waals surface area contributed by atoms with Crippen molar-refractivity contribution >= 4 is 39.2 Å². The maximum atomic E-state index is 13.8. The normalized spacial score (nSPS) is 12.2. The van der Waals surface area contributed by atoms with Gasteiger partial charge in [0.25, 0.3) is 5.69 Å².